The Bertz CT molecular complexity index is 765. The fraction of sp³-hybridized carbons (Fsp3) is 0.316. The largest absolute Gasteiger partial charge is 0.509 e. The average molecular weight is 388 g/mol. The fourth-order valence-electron chi connectivity index (χ4n) is 2.66. The summed E-state index contributed by atoms with van der Waals surface area (Å²) in [5.74, 6) is 0. The van der Waals surface area contributed by atoms with Crippen molar-refractivity contribution in [2.45, 2.75) is 38.9 Å². The van der Waals surface area contributed by atoms with E-state index in [0.717, 1.165) is 0 Å². The summed E-state index contributed by atoms with van der Waals surface area (Å²) < 4.78 is 10.7. The zero-order valence-electron chi connectivity index (χ0n) is 15.4. The monoisotopic (exact) mass is 388 g/mol. The lowest BCUT2D eigenvalue weighted by atomic mass is 10.1. The third kappa shape index (κ3) is 5.26. The summed E-state index contributed by atoms with van der Waals surface area (Å²) >= 11 is 0. The van der Waals surface area contributed by atoms with Gasteiger partial charge in [0.2, 0.25) is 0 Å². The van der Waals surface area contributed by atoms with E-state index in [1.165, 1.54) is 48.5 Å². The second kappa shape index (κ2) is 9.45. The van der Waals surface area contributed by atoms with Crippen molar-refractivity contribution in [1.82, 2.24) is 0 Å². The highest BCUT2D eigenvalue weighted by molar-refractivity contribution is 5.61. The number of hydrogen-bond acceptors (Lipinski definition) is 7. The van der Waals surface area contributed by atoms with Gasteiger partial charge in [-0.15, -0.1) is 0 Å². The highest BCUT2D eigenvalue weighted by atomic mass is 16.7. The van der Waals surface area contributed by atoms with Gasteiger partial charge in [0.1, 0.15) is 12.2 Å². The molecule has 0 bridgehead atoms. The summed E-state index contributed by atoms with van der Waals surface area (Å²) in [6.45, 7) is 3.62. The molecule has 0 aliphatic rings. The Morgan fingerprint density at radius 3 is 1.36 bits per heavy atom. The lowest BCUT2D eigenvalue weighted by Gasteiger charge is -2.20. The van der Waals surface area contributed by atoms with Crippen molar-refractivity contribution < 1.29 is 24.1 Å². The van der Waals surface area contributed by atoms with Crippen LogP contribution < -0.4 is 0 Å². The van der Waals surface area contributed by atoms with Crippen LogP contribution in [0.15, 0.2) is 48.5 Å². The van der Waals surface area contributed by atoms with Crippen LogP contribution in [0.3, 0.4) is 0 Å². The lowest BCUT2D eigenvalue weighted by Crippen LogP contribution is -2.15. The predicted molar refractivity (Wildman–Crippen MR) is 99.8 cm³/mol. The average Bonchev–Trinajstić information content (AvgIpc) is 2.70. The van der Waals surface area contributed by atoms with E-state index in [9.17, 15) is 25.0 Å². The van der Waals surface area contributed by atoms with Crippen LogP contribution in [0.2, 0.25) is 0 Å². The zero-order valence-corrected chi connectivity index (χ0v) is 15.4. The smallest absolute Gasteiger partial charge is 0.426 e. The van der Waals surface area contributed by atoms with Crippen molar-refractivity contribution >= 4 is 17.5 Å². The Hall–Kier alpha value is -3.49. The van der Waals surface area contributed by atoms with Gasteiger partial charge in [-0.2, -0.15) is 0 Å². The molecule has 0 N–H and O–H groups in total. The van der Waals surface area contributed by atoms with Crippen LogP contribution in [0.5, 0.6) is 0 Å². The SMILES string of the molecule is CCC(OC(=O)OC(CC)c1ccc([N+](=O)[O-])cc1)c1ccc([N+](=O)[O-])cc1. The van der Waals surface area contributed by atoms with Crippen LogP contribution in [0.1, 0.15) is 50.0 Å². The first-order chi connectivity index (χ1) is 13.3. The highest BCUT2D eigenvalue weighted by Crippen LogP contribution is 2.27. The number of hydrogen-bond donors (Lipinski definition) is 0. The maximum Gasteiger partial charge on any atom is 0.509 e. The summed E-state index contributed by atoms with van der Waals surface area (Å²) in [7, 11) is 0. The number of rotatable bonds is 8. The topological polar surface area (TPSA) is 122 Å². The third-order valence-electron chi connectivity index (χ3n) is 4.17. The van der Waals surface area contributed by atoms with Crippen molar-refractivity contribution in [3.05, 3.63) is 79.9 Å². The Morgan fingerprint density at radius 1 is 0.786 bits per heavy atom. The second-order valence-corrected chi connectivity index (χ2v) is 5.98. The molecular weight excluding hydrogens is 368 g/mol. The number of nitro benzene ring substituents is 2. The summed E-state index contributed by atoms with van der Waals surface area (Å²) in [6.07, 6.45) is -1.18. The molecule has 0 aromatic heterocycles. The minimum atomic E-state index is -0.879. The molecule has 0 amide bonds. The van der Waals surface area contributed by atoms with Gasteiger partial charge in [-0.1, -0.05) is 13.8 Å². The number of non-ortho nitro benzene ring substituents is 2. The highest BCUT2D eigenvalue weighted by Gasteiger charge is 2.21. The minimum Gasteiger partial charge on any atom is -0.426 e. The first kappa shape index (κ1) is 20.8. The maximum absolute atomic E-state index is 12.2. The number of benzene rings is 2. The quantitative estimate of drug-likeness (QED) is 0.343. The van der Waals surface area contributed by atoms with Crippen molar-refractivity contribution in [1.29, 1.82) is 0 Å². The van der Waals surface area contributed by atoms with Gasteiger partial charge in [-0.3, -0.25) is 20.2 Å². The maximum atomic E-state index is 12.2. The molecule has 0 aliphatic heterocycles. The van der Waals surface area contributed by atoms with Gasteiger partial charge in [-0.25, -0.2) is 4.79 Å². The molecule has 0 radical (unpaired) electrons. The molecule has 0 spiro atoms. The minimum absolute atomic E-state index is 0.0506. The van der Waals surface area contributed by atoms with E-state index in [2.05, 4.69) is 0 Å². The summed E-state index contributed by atoms with van der Waals surface area (Å²) in [4.78, 5) is 32.7. The Balaban J connectivity index is 2.04. The third-order valence-corrected chi connectivity index (χ3v) is 4.17. The second-order valence-electron chi connectivity index (χ2n) is 5.98. The van der Waals surface area contributed by atoms with E-state index in [1.807, 2.05) is 13.8 Å². The molecule has 148 valence electrons. The molecule has 2 aromatic carbocycles. The summed E-state index contributed by atoms with van der Waals surface area (Å²) in [6, 6.07) is 11.5. The van der Waals surface area contributed by atoms with Gasteiger partial charge in [0.15, 0.2) is 0 Å². The van der Waals surface area contributed by atoms with E-state index < -0.39 is 28.2 Å². The van der Waals surface area contributed by atoms with E-state index in [1.54, 1.807) is 0 Å². The predicted octanol–water partition coefficient (Wildman–Crippen LogP) is 5.26. The molecule has 0 fully saturated rings. The molecule has 28 heavy (non-hydrogen) atoms. The van der Waals surface area contributed by atoms with E-state index in [4.69, 9.17) is 9.47 Å². The lowest BCUT2D eigenvalue weighted by molar-refractivity contribution is -0.385. The van der Waals surface area contributed by atoms with Gasteiger partial charge in [0, 0.05) is 24.3 Å². The van der Waals surface area contributed by atoms with Crippen LogP contribution >= 0.6 is 0 Å². The van der Waals surface area contributed by atoms with Gasteiger partial charge in [0.25, 0.3) is 11.4 Å². The van der Waals surface area contributed by atoms with Crippen LogP contribution in [0.4, 0.5) is 16.2 Å². The van der Waals surface area contributed by atoms with E-state index in [-0.39, 0.29) is 11.4 Å². The van der Waals surface area contributed by atoms with Crippen LogP contribution in [0.25, 0.3) is 0 Å². The number of ether oxygens (including phenoxy) is 2. The molecule has 9 heteroatoms. The van der Waals surface area contributed by atoms with Crippen LogP contribution in [-0.2, 0) is 9.47 Å². The molecule has 0 aliphatic carbocycles. The first-order valence-electron chi connectivity index (χ1n) is 8.71. The zero-order chi connectivity index (χ0) is 20.7. The van der Waals surface area contributed by atoms with Gasteiger partial charge in [0.05, 0.1) is 9.85 Å². The Labute approximate surface area is 161 Å². The molecule has 2 rings (SSSR count). The number of nitrogens with zero attached hydrogens (tertiary/aromatic N) is 2. The van der Waals surface area contributed by atoms with Crippen molar-refractivity contribution in [2.75, 3.05) is 0 Å². The molecule has 0 saturated carbocycles. The van der Waals surface area contributed by atoms with Crippen molar-refractivity contribution in [3.63, 3.8) is 0 Å². The Morgan fingerprint density at radius 2 is 1.11 bits per heavy atom. The normalized spacial score (nSPS) is 12.6. The summed E-state index contributed by atoms with van der Waals surface area (Å²) in [5, 5.41) is 21.5. The molecule has 0 heterocycles. The molecule has 2 atom stereocenters. The van der Waals surface area contributed by atoms with Crippen molar-refractivity contribution in [3.8, 4) is 0 Å². The van der Waals surface area contributed by atoms with Crippen molar-refractivity contribution in [2.24, 2.45) is 0 Å². The Kier molecular flexibility index (Phi) is 7.02. The molecular formula is C19H20N2O7. The van der Waals surface area contributed by atoms with Gasteiger partial charge in [-0.05, 0) is 48.2 Å². The van der Waals surface area contributed by atoms with Gasteiger partial charge < -0.3 is 9.47 Å². The first-order valence-corrected chi connectivity index (χ1v) is 8.71. The van der Waals surface area contributed by atoms with E-state index in [0.29, 0.717) is 24.0 Å². The number of carbonyl (C=O) groups excluding carboxylic acids is 1. The van der Waals surface area contributed by atoms with E-state index >= 15 is 0 Å². The fourth-order valence-corrected chi connectivity index (χ4v) is 2.66. The molecule has 2 aromatic rings. The standard InChI is InChI=1S/C19H20N2O7/c1-3-17(13-5-9-15(10-6-13)20(23)24)27-19(22)28-18(4-2)14-7-11-16(12-8-14)21(25)26/h5-12,17-18H,3-4H2,1-2H3. The number of carbonyl (C=O) groups is 1. The molecule has 2 unspecified atom stereocenters. The molecule has 0 saturated heterocycles. The molecule has 9 nitrogen and oxygen atoms in total. The number of nitro groups is 2. The van der Waals surface area contributed by atoms with Gasteiger partial charge >= 0.3 is 6.16 Å². The summed E-state index contributed by atoms with van der Waals surface area (Å²) in [5.41, 5.74) is 1.14. The van der Waals surface area contributed by atoms with Crippen LogP contribution in [-0.4, -0.2) is 16.0 Å². The van der Waals surface area contributed by atoms with Crippen LogP contribution in [0, 0.1) is 20.2 Å².